The van der Waals surface area contributed by atoms with Crippen molar-refractivity contribution in [3.63, 3.8) is 0 Å². The van der Waals surface area contributed by atoms with E-state index in [-0.39, 0.29) is 5.70 Å². The second-order valence-electron chi connectivity index (χ2n) is 6.84. The number of rotatable bonds is 6. The Balaban J connectivity index is 1.46. The minimum Gasteiger partial charge on any atom is -0.495 e. The molecule has 4 rings (SSSR count). The average molecular weight is 496 g/mol. The van der Waals surface area contributed by atoms with E-state index in [0.717, 1.165) is 14.9 Å². The number of amides is 4. The van der Waals surface area contributed by atoms with E-state index >= 15 is 0 Å². The molecule has 8 nitrogen and oxygen atoms in total. The molecule has 1 saturated heterocycles. The third-order valence-electron chi connectivity index (χ3n) is 4.67. The standard InChI is InChI=1S/C23H18BrN3O5/c1-31-20-8-3-2-7-17(20)25-21(28)13-27-22(29)18(26-23(27)30)12-16-9-10-19(32-16)14-5-4-6-15(24)11-14/h2-12H,13H2,1H3,(H,25,28)(H,26,30)/b18-12+. The first kappa shape index (κ1) is 21.4. The summed E-state index contributed by atoms with van der Waals surface area (Å²) >= 11 is 3.42. The van der Waals surface area contributed by atoms with Crippen molar-refractivity contribution < 1.29 is 23.5 Å². The Hall–Kier alpha value is -3.85. The number of anilines is 1. The number of ether oxygens (including phenoxy) is 1. The Bertz CT molecular complexity index is 1230. The lowest BCUT2D eigenvalue weighted by atomic mass is 10.2. The van der Waals surface area contributed by atoms with Crippen LogP contribution in [0.4, 0.5) is 10.5 Å². The van der Waals surface area contributed by atoms with Crippen LogP contribution < -0.4 is 15.4 Å². The van der Waals surface area contributed by atoms with Crippen molar-refractivity contribution in [3.8, 4) is 17.1 Å². The van der Waals surface area contributed by atoms with Crippen LogP contribution in [-0.4, -0.2) is 36.4 Å². The van der Waals surface area contributed by atoms with Crippen molar-refractivity contribution in [2.24, 2.45) is 0 Å². The Kier molecular flexibility index (Phi) is 6.09. The molecule has 1 fully saturated rings. The summed E-state index contributed by atoms with van der Waals surface area (Å²) in [6.45, 7) is -0.443. The van der Waals surface area contributed by atoms with Crippen molar-refractivity contribution in [2.75, 3.05) is 19.0 Å². The highest BCUT2D eigenvalue weighted by molar-refractivity contribution is 9.10. The van der Waals surface area contributed by atoms with E-state index in [9.17, 15) is 14.4 Å². The van der Waals surface area contributed by atoms with Gasteiger partial charge in [0.2, 0.25) is 5.91 Å². The van der Waals surface area contributed by atoms with E-state index in [1.807, 2.05) is 24.3 Å². The highest BCUT2D eigenvalue weighted by atomic mass is 79.9. The average Bonchev–Trinajstić information content (AvgIpc) is 3.34. The van der Waals surface area contributed by atoms with E-state index in [2.05, 4.69) is 26.6 Å². The van der Waals surface area contributed by atoms with Gasteiger partial charge < -0.3 is 19.8 Å². The maximum Gasteiger partial charge on any atom is 0.329 e. The van der Waals surface area contributed by atoms with Crippen LogP contribution >= 0.6 is 15.9 Å². The topological polar surface area (TPSA) is 101 Å². The van der Waals surface area contributed by atoms with Gasteiger partial charge in [-0.1, -0.05) is 40.2 Å². The number of para-hydroxylation sites is 2. The minimum atomic E-state index is -0.685. The van der Waals surface area contributed by atoms with Crippen molar-refractivity contribution in [1.29, 1.82) is 0 Å². The molecule has 32 heavy (non-hydrogen) atoms. The molecule has 0 spiro atoms. The van der Waals surface area contributed by atoms with Crippen LogP contribution in [0.5, 0.6) is 5.75 Å². The van der Waals surface area contributed by atoms with Gasteiger partial charge in [-0.2, -0.15) is 0 Å². The lowest BCUT2D eigenvalue weighted by molar-refractivity contribution is -0.127. The summed E-state index contributed by atoms with van der Waals surface area (Å²) in [5.74, 6) is 0.324. The molecule has 3 aromatic rings. The molecule has 1 aromatic heterocycles. The highest BCUT2D eigenvalue weighted by Crippen LogP contribution is 2.27. The van der Waals surface area contributed by atoms with Gasteiger partial charge in [0.25, 0.3) is 5.91 Å². The molecule has 9 heteroatoms. The summed E-state index contributed by atoms with van der Waals surface area (Å²) in [6, 6.07) is 17.2. The molecule has 0 unspecified atom stereocenters. The van der Waals surface area contributed by atoms with E-state index in [1.54, 1.807) is 36.4 Å². The molecule has 0 aliphatic carbocycles. The van der Waals surface area contributed by atoms with Gasteiger partial charge in [0.1, 0.15) is 29.5 Å². The Morgan fingerprint density at radius 3 is 2.75 bits per heavy atom. The highest BCUT2D eigenvalue weighted by Gasteiger charge is 2.35. The molecule has 2 heterocycles. The van der Waals surface area contributed by atoms with Crippen molar-refractivity contribution in [1.82, 2.24) is 10.2 Å². The monoisotopic (exact) mass is 495 g/mol. The van der Waals surface area contributed by atoms with Crippen LogP contribution in [0.1, 0.15) is 5.76 Å². The number of imide groups is 1. The summed E-state index contributed by atoms with van der Waals surface area (Å²) in [4.78, 5) is 38.2. The first-order chi connectivity index (χ1) is 15.4. The summed E-state index contributed by atoms with van der Waals surface area (Å²) in [7, 11) is 1.48. The zero-order valence-electron chi connectivity index (χ0n) is 16.9. The number of hydrogen-bond acceptors (Lipinski definition) is 5. The quantitative estimate of drug-likeness (QED) is 0.393. The first-order valence-corrected chi connectivity index (χ1v) is 10.4. The molecule has 0 radical (unpaired) electrons. The fourth-order valence-corrected chi connectivity index (χ4v) is 3.57. The van der Waals surface area contributed by atoms with E-state index < -0.39 is 24.4 Å². The Morgan fingerprint density at radius 2 is 1.97 bits per heavy atom. The summed E-state index contributed by atoms with van der Waals surface area (Å²) < 4.78 is 11.9. The van der Waals surface area contributed by atoms with Crippen molar-refractivity contribution in [2.45, 2.75) is 0 Å². The molecule has 4 amide bonds. The van der Waals surface area contributed by atoms with E-state index in [0.29, 0.717) is 23.0 Å². The zero-order chi connectivity index (χ0) is 22.7. The normalized spacial score (nSPS) is 14.6. The second-order valence-corrected chi connectivity index (χ2v) is 7.76. The molecule has 0 atom stereocenters. The minimum absolute atomic E-state index is 0.0234. The number of furan rings is 1. The fraction of sp³-hybridized carbons (Fsp3) is 0.0870. The van der Waals surface area contributed by atoms with E-state index in [4.69, 9.17) is 9.15 Å². The predicted octanol–water partition coefficient (Wildman–Crippen LogP) is 4.25. The molecule has 1 aliphatic heterocycles. The molecule has 162 valence electrons. The fourth-order valence-electron chi connectivity index (χ4n) is 3.17. The number of halogens is 1. The van der Waals surface area contributed by atoms with Gasteiger partial charge in [-0.15, -0.1) is 0 Å². The van der Waals surface area contributed by atoms with Crippen LogP contribution in [0.2, 0.25) is 0 Å². The second kappa shape index (κ2) is 9.11. The number of urea groups is 1. The Morgan fingerprint density at radius 1 is 1.16 bits per heavy atom. The van der Waals surface area contributed by atoms with Gasteiger partial charge in [0.05, 0.1) is 12.8 Å². The molecular formula is C23H18BrN3O5. The van der Waals surface area contributed by atoms with Crippen molar-refractivity contribution >= 4 is 45.5 Å². The molecule has 2 N–H and O–H groups in total. The number of hydrogen-bond donors (Lipinski definition) is 2. The molecular weight excluding hydrogens is 478 g/mol. The lowest BCUT2D eigenvalue weighted by Crippen LogP contribution is -2.38. The van der Waals surface area contributed by atoms with Gasteiger partial charge in [0, 0.05) is 16.1 Å². The summed E-state index contributed by atoms with van der Waals surface area (Å²) in [6.07, 6.45) is 1.43. The predicted molar refractivity (Wildman–Crippen MR) is 122 cm³/mol. The van der Waals surface area contributed by atoms with Gasteiger partial charge in [0.15, 0.2) is 0 Å². The zero-order valence-corrected chi connectivity index (χ0v) is 18.5. The van der Waals surface area contributed by atoms with Gasteiger partial charge >= 0.3 is 6.03 Å². The largest absolute Gasteiger partial charge is 0.495 e. The van der Waals surface area contributed by atoms with Gasteiger partial charge in [-0.05, 0) is 36.4 Å². The lowest BCUT2D eigenvalue weighted by Gasteiger charge is -2.13. The number of carbonyl (C=O) groups excluding carboxylic acids is 3. The maximum atomic E-state index is 12.7. The van der Waals surface area contributed by atoms with Crippen LogP contribution in [-0.2, 0) is 9.59 Å². The summed E-state index contributed by atoms with van der Waals surface area (Å²) in [5.41, 5.74) is 1.33. The first-order valence-electron chi connectivity index (χ1n) is 9.58. The molecule has 0 saturated carbocycles. The molecule has 2 aromatic carbocycles. The summed E-state index contributed by atoms with van der Waals surface area (Å²) in [5, 5.41) is 5.12. The number of nitrogens with one attached hydrogen (secondary N) is 2. The third-order valence-corrected chi connectivity index (χ3v) is 5.16. The smallest absolute Gasteiger partial charge is 0.329 e. The Labute approximate surface area is 192 Å². The number of nitrogens with zero attached hydrogens (tertiary/aromatic N) is 1. The maximum absolute atomic E-state index is 12.7. The molecule has 0 bridgehead atoms. The van der Waals surface area contributed by atoms with Gasteiger partial charge in [-0.25, -0.2) is 9.69 Å². The van der Waals surface area contributed by atoms with Crippen LogP contribution in [0.15, 0.2) is 75.3 Å². The third kappa shape index (κ3) is 4.57. The van der Waals surface area contributed by atoms with Crippen molar-refractivity contribution in [3.05, 3.63) is 76.6 Å². The van der Waals surface area contributed by atoms with Crippen LogP contribution in [0.3, 0.4) is 0 Å². The van der Waals surface area contributed by atoms with E-state index in [1.165, 1.54) is 13.2 Å². The van der Waals surface area contributed by atoms with Gasteiger partial charge in [-0.3, -0.25) is 9.59 Å². The number of methoxy groups -OCH3 is 1. The van der Waals surface area contributed by atoms with Crippen LogP contribution in [0, 0.1) is 0 Å². The number of carbonyl (C=O) groups is 3. The number of benzene rings is 2. The SMILES string of the molecule is COc1ccccc1NC(=O)CN1C(=O)N/C(=C/c2ccc(-c3cccc(Br)c3)o2)C1=O. The van der Waals surface area contributed by atoms with Crippen LogP contribution in [0.25, 0.3) is 17.4 Å². The molecule has 1 aliphatic rings.